The minimum absolute atomic E-state index is 0.0105. The number of halogens is 2. The molecule has 0 saturated carbocycles. The maximum atomic E-state index is 13.6. The standard InChI is InChI=1S/C19H20F2N4O/c1-19(20,21)17-6-7-22-18(24-17)25-8-9-26-12-14(25)10-13-11-23-16-5-3-2-4-15(13)16/h2-7,11,14,23H,8-10,12H2,1H3. The van der Waals surface area contributed by atoms with Gasteiger partial charge in [0.05, 0.1) is 19.3 Å². The first-order chi connectivity index (χ1) is 12.5. The summed E-state index contributed by atoms with van der Waals surface area (Å²) in [6, 6.07) is 9.35. The van der Waals surface area contributed by atoms with E-state index in [1.807, 2.05) is 29.3 Å². The molecule has 3 aromatic rings. The Hall–Kier alpha value is -2.54. The first kappa shape index (κ1) is 16.9. The summed E-state index contributed by atoms with van der Waals surface area (Å²) in [5.41, 5.74) is 1.98. The third-order valence-electron chi connectivity index (χ3n) is 4.71. The zero-order chi connectivity index (χ0) is 18.1. The molecule has 1 saturated heterocycles. The van der Waals surface area contributed by atoms with Crippen LogP contribution in [0.2, 0.25) is 0 Å². The number of fused-ring (bicyclic) bond motifs is 1. The van der Waals surface area contributed by atoms with Gasteiger partial charge in [-0.3, -0.25) is 0 Å². The molecule has 7 heteroatoms. The van der Waals surface area contributed by atoms with Gasteiger partial charge >= 0.3 is 0 Å². The van der Waals surface area contributed by atoms with E-state index in [4.69, 9.17) is 4.74 Å². The van der Waals surface area contributed by atoms with Crippen LogP contribution in [0.4, 0.5) is 14.7 Å². The van der Waals surface area contributed by atoms with Gasteiger partial charge < -0.3 is 14.6 Å². The van der Waals surface area contributed by atoms with Crippen LogP contribution in [0.3, 0.4) is 0 Å². The Bertz CT molecular complexity index is 906. The molecule has 0 aliphatic carbocycles. The third kappa shape index (κ3) is 3.26. The average Bonchev–Trinajstić information content (AvgIpc) is 3.05. The van der Waals surface area contributed by atoms with E-state index in [2.05, 4.69) is 21.0 Å². The van der Waals surface area contributed by atoms with Crippen LogP contribution in [0.5, 0.6) is 0 Å². The van der Waals surface area contributed by atoms with Crippen molar-refractivity contribution in [2.45, 2.75) is 25.3 Å². The molecule has 1 atom stereocenters. The number of anilines is 1. The summed E-state index contributed by atoms with van der Waals surface area (Å²) in [6.45, 7) is 2.46. The number of aromatic nitrogens is 3. The fourth-order valence-corrected chi connectivity index (χ4v) is 3.37. The van der Waals surface area contributed by atoms with Gasteiger partial charge in [0.1, 0.15) is 5.69 Å². The van der Waals surface area contributed by atoms with Crippen molar-refractivity contribution in [2.24, 2.45) is 0 Å². The van der Waals surface area contributed by atoms with E-state index in [1.165, 1.54) is 12.3 Å². The Morgan fingerprint density at radius 1 is 1.31 bits per heavy atom. The fourth-order valence-electron chi connectivity index (χ4n) is 3.37. The predicted octanol–water partition coefficient (Wildman–Crippen LogP) is 3.52. The number of morpholine rings is 1. The monoisotopic (exact) mass is 358 g/mol. The predicted molar refractivity (Wildman–Crippen MR) is 95.6 cm³/mol. The highest BCUT2D eigenvalue weighted by atomic mass is 19.3. The Morgan fingerprint density at radius 2 is 2.15 bits per heavy atom. The van der Waals surface area contributed by atoms with Crippen LogP contribution in [0.1, 0.15) is 18.2 Å². The van der Waals surface area contributed by atoms with Gasteiger partial charge in [0.15, 0.2) is 0 Å². The first-order valence-electron chi connectivity index (χ1n) is 8.63. The van der Waals surface area contributed by atoms with Crippen molar-refractivity contribution < 1.29 is 13.5 Å². The van der Waals surface area contributed by atoms with Crippen molar-refractivity contribution >= 4 is 16.9 Å². The van der Waals surface area contributed by atoms with Gasteiger partial charge in [0.25, 0.3) is 5.92 Å². The number of H-pyrrole nitrogens is 1. The number of ether oxygens (including phenoxy) is 1. The quantitative estimate of drug-likeness (QED) is 0.775. The van der Waals surface area contributed by atoms with Crippen molar-refractivity contribution in [3.05, 3.63) is 54.0 Å². The Kier molecular flexibility index (Phi) is 4.32. The van der Waals surface area contributed by atoms with Crippen LogP contribution in [0.25, 0.3) is 10.9 Å². The van der Waals surface area contributed by atoms with Gasteiger partial charge in [0.2, 0.25) is 5.95 Å². The van der Waals surface area contributed by atoms with Crippen molar-refractivity contribution in [1.82, 2.24) is 15.0 Å². The second-order valence-electron chi connectivity index (χ2n) is 6.62. The number of aromatic amines is 1. The van der Waals surface area contributed by atoms with E-state index in [1.54, 1.807) is 0 Å². The van der Waals surface area contributed by atoms with E-state index >= 15 is 0 Å². The van der Waals surface area contributed by atoms with E-state index in [0.717, 1.165) is 29.8 Å². The molecule has 5 nitrogen and oxygen atoms in total. The maximum absolute atomic E-state index is 13.6. The first-order valence-corrected chi connectivity index (χ1v) is 8.63. The molecule has 136 valence electrons. The van der Waals surface area contributed by atoms with Gasteiger partial charge in [-0.05, 0) is 24.1 Å². The van der Waals surface area contributed by atoms with Crippen molar-refractivity contribution in [2.75, 3.05) is 24.7 Å². The zero-order valence-electron chi connectivity index (χ0n) is 14.5. The number of alkyl halides is 2. The summed E-state index contributed by atoms with van der Waals surface area (Å²) in [4.78, 5) is 13.6. The molecule has 0 radical (unpaired) electrons. The third-order valence-corrected chi connectivity index (χ3v) is 4.71. The molecule has 1 unspecified atom stereocenters. The molecule has 26 heavy (non-hydrogen) atoms. The summed E-state index contributed by atoms with van der Waals surface area (Å²) in [5, 5.41) is 1.16. The fraction of sp³-hybridized carbons (Fsp3) is 0.368. The molecule has 1 fully saturated rings. The smallest absolute Gasteiger partial charge is 0.287 e. The number of nitrogens with zero attached hydrogens (tertiary/aromatic N) is 3. The second-order valence-corrected chi connectivity index (χ2v) is 6.62. The molecular weight excluding hydrogens is 338 g/mol. The molecule has 0 spiro atoms. The summed E-state index contributed by atoms with van der Waals surface area (Å²) in [5.74, 6) is -2.66. The number of benzene rings is 1. The molecule has 0 bridgehead atoms. The lowest BCUT2D eigenvalue weighted by molar-refractivity contribution is 0.0126. The van der Waals surface area contributed by atoms with Crippen LogP contribution in [-0.4, -0.2) is 40.8 Å². The highest BCUT2D eigenvalue weighted by Crippen LogP contribution is 2.28. The van der Waals surface area contributed by atoms with Crippen LogP contribution in [0, 0.1) is 0 Å². The average molecular weight is 358 g/mol. The highest BCUT2D eigenvalue weighted by Gasteiger charge is 2.30. The van der Waals surface area contributed by atoms with Crippen LogP contribution in [-0.2, 0) is 17.1 Å². The Labute approximate surface area is 150 Å². The molecule has 3 heterocycles. The molecule has 1 aliphatic rings. The largest absolute Gasteiger partial charge is 0.377 e. The molecule has 1 aromatic carbocycles. The molecule has 0 amide bonds. The zero-order valence-corrected chi connectivity index (χ0v) is 14.5. The van der Waals surface area contributed by atoms with Gasteiger partial charge in [-0.2, -0.15) is 8.78 Å². The number of hydrogen-bond donors (Lipinski definition) is 1. The molecular formula is C19H20F2N4O. The van der Waals surface area contributed by atoms with Gasteiger partial charge in [-0.25, -0.2) is 9.97 Å². The second kappa shape index (κ2) is 6.64. The van der Waals surface area contributed by atoms with Gasteiger partial charge in [-0.15, -0.1) is 0 Å². The Morgan fingerprint density at radius 3 is 3.00 bits per heavy atom. The normalized spacial score (nSPS) is 18.4. The summed E-state index contributed by atoms with van der Waals surface area (Å²) >= 11 is 0. The number of nitrogens with one attached hydrogen (secondary N) is 1. The SMILES string of the molecule is CC(F)(F)c1ccnc(N2CCOCC2Cc2c[nH]c3ccccc23)n1. The van der Waals surface area contributed by atoms with E-state index in [-0.39, 0.29) is 11.7 Å². The molecule has 1 N–H and O–H groups in total. The van der Waals surface area contributed by atoms with E-state index in [9.17, 15) is 8.78 Å². The minimum Gasteiger partial charge on any atom is -0.377 e. The molecule has 4 rings (SSSR count). The minimum atomic E-state index is -2.99. The van der Waals surface area contributed by atoms with Crippen molar-refractivity contribution in [3.8, 4) is 0 Å². The van der Waals surface area contributed by atoms with Crippen molar-refractivity contribution in [1.29, 1.82) is 0 Å². The van der Waals surface area contributed by atoms with E-state index in [0.29, 0.717) is 25.7 Å². The van der Waals surface area contributed by atoms with Gasteiger partial charge in [0, 0.05) is 36.8 Å². The number of rotatable bonds is 4. The lowest BCUT2D eigenvalue weighted by atomic mass is 10.0. The topological polar surface area (TPSA) is 54.0 Å². The highest BCUT2D eigenvalue weighted by molar-refractivity contribution is 5.83. The lowest BCUT2D eigenvalue weighted by Gasteiger charge is -2.35. The van der Waals surface area contributed by atoms with Gasteiger partial charge in [-0.1, -0.05) is 18.2 Å². The van der Waals surface area contributed by atoms with Crippen molar-refractivity contribution in [3.63, 3.8) is 0 Å². The van der Waals surface area contributed by atoms with Crippen LogP contribution in [0.15, 0.2) is 42.7 Å². The summed E-state index contributed by atoms with van der Waals surface area (Å²) in [6.07, 6.45) is 4.11. The summed E-state index contributed by atoms with van der Waals surface area (Å²) < 4.78 is 32.9. The lowest BCUT2D eigenvalue weighted by Crippen LogP contribution is -2.47. The Balaban J connectivity index is 1.63. The maximum Gasteiger partial charge on any atom is 0.287 e. The van der Waals surface area contributed by atoms with E-state index < -0.39 is 5.92 Å². The number of hydrogen-bond acceptors (Lipinski definition) is 4. The molecule has 2 aromatic heterocycles. The van der Waals surface area contributed by atoms with Crippen LogP contribution >= 0.6 is 0 Å². The molecule has 1 aliphatic heterocycles. The van der Waals surface area contributed by atoms with Crippen LogP contribution < -0.4 is 4.90 Å². The number of para-hydroxylation sites is 1. The summed E-state index contributed by atoms with van der Waals surface area (Å²) in [7, 11) is 0.